The maximum atomic E-state index is 12.5. The van der Waals surface area contributed by atoms with Crippen molar-refractivity contribution in [2.75, 3.05) is 5.32 Å². The number of hydrogen-bond acceptors (Lipinski definition) is 6. The lowest BCUT2D eigenvalue weighted by Gasteiger charge is -2.12. The highest BCUT2D eigenvalue weighted by atomic mass is 32.2. The SMILES string of the molecule is CC(=O)c1cccc(NC(=O)C(C)Sc2ncnc3c2cnn3C)c1. The second kappa shape index (κ2) is 7.02. The van der Waals surface area contributed by atoms with Crippen molar-refractivity contribution in [3.05, 3.63) is 42.4 Å². The number of Topliss-reactive ketones (excluding diaryl/α,β-unsaturated/α-hetero) is 1. The molecule has 1 aromatic carbocycles. The summed E-state index contributed by atoms with van der Waals surface area (Å²) in [5, 5.41) is 8.15. The number of carbonyl (C=O) groups excluding carboxylic acids is 2. The fourth-order valence-electron chi connectivity index (χ4n) is 2.32. The van der Waals surface area contributed by atoms with Gasteiger partial charge in [-0.05, 0) is 26.0 Å². The van der Waals surface area contributed by atoms with Crippen LogP contribution in [-0.2, 0) is 11.8 Å². The predicted octanol–water partition coefficient (Wildman–Crippen LogP) is 2.69. The molecular formula is C17H17N5O2S. The van der Waals surface area contributed by atoms with Crippen LogP contribution in [0.2, 0.25) is 0 Å². The number of anilines is 1. The largest absolute Gasteiger partial charge is 0.325 e. The monoisotopic (exact) mass is 355 g/mol. The minimum atomic E-state index is -0.376. The molecule has 2 aromatic heterocycles. The minimum Gasteiger partial charge on any atom is -0.325 e. The van der Waals surface area contributed by atoms with Gasteiger partial charge in [-0.3, -0.25) is 14.3 Å². The zero-order valence-corrected chi connectivity index (χ0v) is 14.9. The number of thioether (sulfide) groups is 1. The molecule has 1 N–H and O–H groups in total. The van der Waals surface area contributed by atoms with Gasteiger partial charge in [-0.15, -0.1) is 0 Å². The van der Waals surface area contributed by atoms with E-state index in [0.29, 0.717) is 16.3 Å². The molecule has 7 nitrogen and oxygen atoms in total. The van der Waals surface area contributed by atoms with Crippen LogP contribution < -0.4 is 5.32 Å². The number of rotatable bonds is 5. The van der Waals surface area contributed by atoms with Crippen LogP contribution >= 0.6 is 11.8 Å². The summed E-state index contributed by atoms with van der Waals surface area (Å²) in [6.07, 6.45) is 3.16. The molecule has 0 saturated heterocycles. The average Bonchev–Trinajstić information content (AvgIpc) is 2.97. The number of hydrogen-bond donors (Lipinski definition) is 1. The van der Waals surface area contributed by atoms with E-state index in [2.05, 4.69) is 20.4 Å². The zero-order valence-electron chi connectivity index (χ0n) is 14.1. The highest BCUT2D eigenvalue weighted by Gasteiger charge is 2.18. The number of fused-ring (bicyclic) bond motifs is 1. The normalized spacial score (nSPS) is 12.1. The van der Waals surface area contributed by atoms with Crippen molar-refractivity contribution in [2.45, 2.75) is 24.1 Å². The molecule has 128 valence electrons. The van der Waals surface area contributed by atoms with Crippen LogP contribution in [0.1, 0.15) is 24.2 Å². The van der Waals surface area contributed by atoms with Gasteiger partial charge in [-0.25, -0.2) is 9.97 Å². The van der Waals surface area contributed by atoms with Crippen LogP contribution in [0.4, 0.5) is 5.69 Å². The van der Waals surface area contributed by atoms with Crippen molar-refractivity contribution in [3.63, 3.8) is 0 Å². The summed E-state index contributed by atoms with van der Waals surface area (Å²) < 4.78 is 1.67. The number of aromatic nitrogens is 4. The first kappa shape index (κ1) is 17.1. The van der Waals surface area contributed by atoms with Crippen molar-refractivity contribution >= 4 is 40.2 Å². The van der Waals surface area contributed by atoms with Crippen LogP contribution in [0, 0.1) is 0 Å². The van der Waals surface area contributed by atoms with E-state index in [9.17, 15) is 9.59 Å². The Hall–Kier alpha value is -2.74. The summed E-state index contributed by atoms with van der Waals surface area (Å²) in [4.78, 5) is 32.4. The van der Waals surface area contributed by atoms with Crippen LogP contribution in [0.25, 0.3) is 11.0 Å². The second-order valence-electron chi connectivity index (χ2n) is 5.57. The number of nitrogens with one attached hydrogen (secondary N) is 1. The smallest absolute Gasteiger partial charge is 0.237 e. The van der Waals surface area contributed by atoms with Gasteiger partial charge in [0, 0.05) is 18.3 Å². The van der Waals surface area contributed by atoms with Crippen LogP contribution in [-0.4, -0.2) is 36.7 Å². The Bertz CT molecular complexity index is 953. The van der Waals surface area contributed by atoms with E-state index in [1.54, 1.807) is 42.1 Å². The van der Waals surface area contributed by atoms with Crippen molar-refractivity contribution in [3.8, 4) is 0 Å². The maximum Gasteiger partial charge on any atom is 0.237 e. The lowest BCUT2D eigenvalue weighted by atomic mass is 10.1. The third kappa shape index (κ3) is 3.69. The molecule has 3 rings (SSSR count). The Labute approximate surface area is 148 Å². The molecule has 0 spiro atoms. The molecule has 0 bridgehead atoms. The molecule has 0 aliphatic carbocycles. The Morgan fingerprint density at radius 3 is 2.84 bits per heavy atom. The van der Waals surface area contributed by atoms with Gasteiger partial charge in [0.05, 0.1) is 16.8 Å². The molecule has 8 heteroatoms. The van der Waals surface area contributed by atoms with E-state index in [1.165, 1.54) is 25.0 Å². The lowest BCUT2D eigenvalue weighted by Crippen LogP contribution is -2.22. The molecule has 2 heterocycles. The van der Waals surface area contributed by atoms with Crippen LogP contribution in [0.5, 0.6) is 0 Å². The number of benzene rings is 1. The van der Waals surface area contributed by atoms with Gasteiger partial charge in [0.1, 0.15) is 11.4 Å². The van der Waals surface area contributed by atoms with Gasteiger partial charge in [-0.2, -0.15) is 5.10 Å². The maximum absolute atomic E-state index is 12.5. The van der Waals surface area contributed by atoms with Gasteiger partial charge in [0.25, 0.3) is 0 Å². The topological polar surface area (TPSA) is 89.8 Å². The molecule has 0 radical (unpaired) electrons. The molecule has 0 aliphatic rings. The van der Waals surface area contributed by atoms with Gasteiger partial charge in [-0.1, -0.05) is 23.9 Å². The first-order valence-corrected chi connectivity index (χ1v) is 8.55. The highest BCUT2D eigenvalue weighted by Crippen LogP contribution is 2.28. The molecular weight excluding hydrogens is 338 g/mol. The molecule has 1 amide bonds. The average molecular weight is 355 g/mol. The summed E-state index contributed by atoms with van der Waals surface area (Å²) in [5.41, 5.74) is 1.88. The van der Waals surface area contributed by atoms with Gasteiger partial charge >= 0.3 is 0 Å². The number of aryl methyl sites for hydroxylation is 1. The van der Waals surface area contributed by atoms with Gasteiger partial charge in [0.15, 0.2) is 11.4 Å². The summed E-state index contributed by atoms with van der Waals surface area (Å²) in [5.74, 6) is -0.208. The highest BCUT2D eigenvalue weighted by molar-refractivity contribution is 8.00. The number of amides is 1. The van der Waals surface area contributed by atoms with Crippen molar-refractivity contribution in [1.29, 1.82) is 0 Å². The van der Waals surface area contributed by atoms with E-state index in [1.807, 2.05) is 7.05 Å². The predicted molar refractivity (Wildman–Crippen MR) is 96.7 cm³/mol. The molecule has 1 atom stereocenters. The fraction of sp³-hybridized carbons (Fsp3) is 0.235. The Kier molecular flexibility index (Phi) is 4.80. The Balaban J connectivity index is 1.74. The van der Waals surface area contributed by atoms with E-state index in [4.69, 9.17) is 0 Å². The lowest BCUT2D eigenvalue weighted by molar-refractivity contribution is -0.115. The third-order valence-corrected chi connectivity index (χ3v) is 4.80. The number of ketones is 1. The number of carbonyl (C=O) groups is 2. The Morgan fingerprint density at radius 1 is 1.28 bits per heavy atom. The summed E-state index contributed by atoms with van der Waals surface area (Å²) >= 11 is 1.34. The summed E-state index contributed by atoms with van der Waals surface area (Å²) in [7, 11) is 1.81. The minimum absolute atomic E-state index is 0.0431. The van der Waals surface area contributed by atoms with Crippen LogP contribution in [0.15, 0.2) is 41.8 Å². The van der Waals surface area contributed by atoms with E-state index >= 15 is 0 Å². The quantitative estimate of drug-likeness (QED) is 0.430. The van der Waals surface area contributed by atoms with E-state index in [-0.39, 0.29) is 16.9 Å². The van der Waals surface area contributed by atoms with Crippen molar-refractivity contribution in [1.82, 2.24) is 19.7 Å². The van der Waals surface area contributed by atoms with Crippen LogP contribution in [0.3, 0.4) is 0 Å². The molecule has 0 fully saturated rings. The van der Waals surface area contributed by atoms with E-state index < -0.39 is 0 Å². The molecule has 3 aromatic rings. The molecule has 0 saturated carbocycles. The molecule has 1 unspecified atom stereocenters. The van der Waals surface area contributed by atoms with Crippen molar-refractivity contribution < 1.29 is 9.59 Å². The fourth-order valence-corrected chi connectivity index (χ4v) is 3.20. The second-order valence-corrected chi connectivity index (χ2v) is 6.90. The molecule has 0 aliphatic heterocycles. The first-order chi connectivity index (χ1) is 12.0. The van der Waals surface area contributed by atoms with E-state index in [0.717, 1.165) is 11.0 Å². The summed E-state index contributed by atoms with van der Waals surface area (Å²) in [6.45, 7) is 3.30. The third-order valence-electron chi connectivity index (χ3n) is 3.69. The van der Waals surface area contributed by atoms with Crippen molar-refractivity contribution in [2.24, 2.45) is 7.05 Å². The summed E-state index contributed by atoms with van der Waals surface area (Å²) in [6, 6.07) is 6.89. The van der Waals surface area contributed by atoms with Gasteiger partial charge < -0.3 is 5.32 Å². The van der Waals surface area contributed by atoms with Gasteiger partial charge in [0.2, 0.25) is 5.91 Å². The Morgan fingerprint density at radius 2 is 2.08 bits per heavy atom. The molecule has 25 heavy (non-hydrogen) atoms. The first-order valence-electron chi connectivity index (χ1n) is 7.67. The standard InChI is InChI=1S/C17H17N5O2S/c1-10(23)12-5-4-6-13(7-12)21-16(24)11(2)25-17-14-8-20-22(3)15(14)18-9-19-17/h4-9,11H,1-3H3,(H,21,24). The zero-order chi connectivity index (χ0) is 18.0. The number of nitrogens with zero attached hydrogens (tertiary/aromatic N) is 4.